The molecule has 2 atom stereocenters. The Bertz CT molecular complexity index is 2000. The lowest BCUT2D eigenvalue weighted by Crippen LogP contribution is -2.55. The number of hydrogen-bond donors (Lipinski definition) is 1. The van der Waals surface area contributed by atoms with E-state index in [1.807, 2.05) is 24.0 Å². The van der Waals surface area contributed by atoms with Gasteiger partial charge in [0.1, 0.15) is 23.5 Å². The molecule has 0 aliphatic carbocycles. The highest BCUT2D eigenvalue weighted by atomic mass is 19.1. The molecule has 3 aromatic heterocycles. The Hall–Kier alpha value is -5.02. The van der Waals surface area contributed by atoms with Crippen molar-refractivity contribution in [2.45, 2.75) is 38.3 Å². The third-order valence-corrected chi connectivity index (χ3v) is 9.18. The van der Waals surface area contributed by atoms with Gasteiger partial charge in [0.15, 0.2) is 5.82 Å². The van der Waals surface area contributed by atoms with Crippen LogP contribution in [-0.4, -0.2) is 87.8 Å². The van der Waals surface area contributed by atoms with Gasteiger partial charge in [0, 0.05) is 42.0 Å². The number of ether oxygens (including phenoxy) is 1. The molecule has 5 heterocycles. The molecule has 2 aliphatic rings. The van der Waals surface area contributed by atoms with E-state index in [0.717, 1.165) is 35.9 Å². The van der Waals surface area contributed by atoms with Gasteiger partial charge in [-0.25, -0.2) is 4.39 Å². The van der Waals surface area contributed by atoms with Crippen LogP contribution < -0.4 is 9.64 Å². The van der Waals surface area contributed by atoms with Crippen molar-refractivity contribution >= 4 is 44.5 Å². The molecule has 7 rings (SSSR count). The number of piperazine rings is 1. The number of hydrogen-bond acceptors (Lipinski definition) is 9. The van der Waals surface area contributed by atoms with Gasteiger partial charge < -0.3 is 23.9 Å². The summed E-state index contributed by atoms with van der Waals surface area (Å²) in [6, 6.07) is 7.67. The summed E-state index contributed by atoms with van der Waals surface area (Å²) in [6.07, 6.45) is 6.70. The van der Waals surface area contributed by atoms with Crippen LogP contribution >= 0.6 is 0 Å². The van der Waals surface area contributed by atoms with Crippen LogP contribution in [-0.2, 0) is 4.79 Å². The van der Waals surface area contributed by atoms with Gasteiger partial charge >= 0.3 is 6.01 Å². The molecule has 0 radical (unpaired) electrons. The number of anilines is 1. The minimum atomic E-state index is -0.517. The molecule has 1 N–H and O–H groups in total. The zero-order valence-electron chi connectivity index (χ0n) is 25.2. The molecule has 11 nitrogen and oxygen atoms in total. The maximum absolute atomic E-state index is 17.2. The summed E-state index contributed by atoms with van der Waals surface area (Å²) < 4.78 is 29.4. The van der Waals surface area contributed by atoms with Gasteiger partial charge in [0.05, 0.1) is 41.9 Å². The monoisotopic (exact) mass is 608 g/mol. The molecule has 0 unspecified atom stereocenters. The third kappa shape index (κ3) is 4.84. The number of H-pyrrole nitrogens is 1. The standard InChI is InChI=1S/C33H33FN8O3/c1-4-25(43)42-14-13-41(17-20(42)9-11-35)32-28-30(37-33(38-32)45-18-21-6-5-12-40(21)3)29(34)27(22-10-15-44-31(22)28)26-19(2)7-8-24-23(26)16-36-39-24/h4,7-8,10,15-16,20-21H,1,5-6,9,12-14,17-18H2,2-3H3,(H,36,39)/t20-,21-/m0/s1. The quantitative estimate of drug-likeness (QED) is 0.255. The maximum atomic E-state index is 17.2. The van der Waals surface area contributed by atoms with E-state index in [4.69, 9.17) is 14.1 Å². The number of fused-ring (bicyclic) bond motifs is 4. The molecule has 45 heavy (non-hydrogen) atoms. The minimum Gasteiger partial charge on any atom is -0.463 e. The van der Waals surface area contributed by atoms with E-state index in [0.29, 0.717) is 59.5 Å². The number of furan rings is 1. The van der Waals surface area contributed by atoms with Gasteiger partial charge in [-0.15, -0.1) is 0 Å². The van der Waals surface area contributed by atoms with E-state index in [9.17, 15) is 10.1 Å². The van der Waals surface area contributed by atoms with E-state index in [2.05, 4.69) is 39.8 Å². The molecule has 0 spiro atoms. The summed E-state index contributed by atoms with van der Waals surface area (Å²) in [4.78, 5) is 28.0. The smallest absolute Gasteiger partial charge is 0.319 e. The number of aromatic nitrogens is 4. The number of aryl methyl sites for hydroxylation is 1. The summed E-state index contributed by atoms with van der Waals surface area (Å²) in [7, 11) is 2.06. The van der Waals surface area contributed by atoms with Gasteiger partial charge in [-0.1, -0.05) is 12.6 Å². The molecule has 2 aromatic carbocycles. The van der Waals surface area contributed by atoms with Crippen LogP contribution in [0.15, 0.2) is 47.7 Å². The predicted molar refractivity (Wildman–Crippen MR) is 168 cm³/mol. The number of aromatic amines is 1. The first kappa shape index (κ1) is 28.7. The maximum Gasteiger partial charge on any atom is 0.319 e. The number of likely N-dealkylation sites (tertiary alicyclic amines) is 1. The molecule has 2 saturated heterocycles. The second kappa shape index (κ2) is 11.5. The third-order valence-electron chi connectivity index (χ3n) is 9.18. The van der Waals surface area contributed by atoms with Crippen LogP contribution in [0.25, 0.3) is 43.9 Å². The van der Waals surface area contributed by atoms with Gasteiger partial charge in [-0.2, -0.15) is 20.3 Å². The largest absolute Gasteiger partial charge is 0.463 e. The molecule has 0 bridgehead atoms. The van der Waals surface area contributed by atoms with E-state index in [1.54, 1.807) is 23.4 Å². The lowest BCUT2D eigenvalue weighted by Gasteiger charge is -2.41. The normalized spacial score (nSPS) is 19.1. The average molecular weight is 609 g/mol. The first-order valence-electron chi connectivity index (χ1n) is 15.1. The second-order valence-corrected chi connectivity index (χ2v) is 11.8. The Morgan fingerprint density at radius 1 is 1.22 bits per heavy atom. The lowest BCUT2D eigenvalue weighted by atomic mass is 9.92. The molecule has 0 saturated carbocycles. The van der Waals surface area contributed by atoms with Gasteiger partial charge in [-0.05, 0) is 62.7 Å². The zero-order valence-corrected chi connectivity index (χ0v) is 25.2. The van der Waals surface area contributed by atoms with Gasteiger partial charge in [0.25, 0.3) is 0 Å². The zero-order chi connectivity index (χ0) is 31.2. The number of benzene rings is 2. The summed E-state index contributed by atoms with van der Waals surface area (Å²) in [5.41, 5.74) is 3.25. The number of nitriles is 1. The number of amides is 1. The van der Waals surface area contributed by atoms with E-state index in [1.165, 1.54) is 6.08 Å². The summed E-state index contributed by atoms with van der Waals surface area (Å²) in [6.45, 7) is 7.97. The Balaban J connectivity index is 1.43. The highest BCUT2D eigenvalue weighted by molar-refractivity contribution is 6.17. The van der Waals surface area contributed by atoms with Crippen molar-refractivity contribution in [2.24, 2.45) is 0 Å². The fraction of sp³-hybridized carbons (Fsp3) is 0.364. The van der Waals surface area contributed by atoms with Gasteiger partial charge in [-0.3, -0.25) is 9.89 Å². The molecule has 230 valence electrons. The summed E-state index contributed by atoms with van der Waals surface area (Å²) in [5, 5.41) is 18.5. The Morgan fingerprint density at radius 2 is 2.09 bits per heavy atom. The second-order valence-electron chi connectivity index (χ2n) is 11.8. The van der Waals surface area contributed by atoms with Crippen LogP contribution in [0.4, 0.5) is 10.2 Å². The van der Waals surface area contributed by atoms with Crippen molar-refractivity contribution in [2.75, 3.05) is 44.7 Å². The van der Waals surface area contributed by atoms with Crippen LogP contribution in [0.2, 0.25) is 0 Å². The van der Waals surface area contributed by atoms with Crippen LogP contribution in [0.3, 0.4) is 0 Å². The number of likely N-dealkylation sites (N-methyl/N-ethyl adjacent to an activating group) is 1. The fourth-order valence-electron chi connectivity index (χ4n) is 6.83. The minimum absolute atomic E-state index is 0.0632. The number of nitrogens with one attached hydrogen (secondary N) is 1. The van der Waals surface area contributed by atoms with Crippen molar-refractivity contribution < 1.29 is 18.3 Å². The Labute approximate surface area is 258 Å². The van der Waals surface area contributed by atoms with Crippen LogP contribution in [0, 0.1) is 24.1 Å². The van der Waals surface area contributed by atoms with E-state index >= 15 is 4.39 Å². The molecule has 12 heteroatoms. The molecular weight excluding hydrogens is 575 g/mol. The molecule has 5 aromatic rings. The first-order valence-corrected chi connectivity index (χ1v) is 15.1. The highest BCUT2D eigenvalue weighted by Crippen LogP contribution is 2.44. The number of nitrogens with zero attached hydrogens (tertiary/aromatic N) is 7. The lowest BCUT2D eigenvalue weighted by molar-refractivity contribution is -0.128. The Kier molecular flexibility index (Phi) is 7.33. The van der Waals surface area contributed by atoms with Crippen LogP contribution in [0.1, 0.15) is 24.8 Å². The molecule has 2 fully saturated rings. The number of carbonyl (C=O) groups is 1. The number of carbonyl (C=O) groups excluding carboxylic acids is 1. The van der Waals surface area contributed by atoms with Crippen molar-refractivity contribution in [3.8, 4) is 23.2 Å². The van der Waals surface area contributed by atoms with Crippen LogP contribution in [0.5, 0.6) is 6.01 Å². The Morgan fingerprint density at radius 3 is 2.87 bits per heavy atom. The van der Waals surface area contributed by atoms with Gasteiger partial charge in [0.2, 0.25) is 5.91 Å². The fourth-order valence-corrected chi connectivity index (χ4v) is 6.83. The van der Waals surface area contributed by atoms with Crippen molar-refractivity contribution in [3.63, 3.8) is 0 Å². The summed E-state index contributed by atoms with van der Waals surface area (Å²) >= 11 is 0. The van der Waals surface area contributed by atoms with Crippen molar-refractivity contribution in [1.82, 2.24) is 30.0 Å². The van der Waals surface area contributed by atoms with E-state index < -0.39 is 11.9 Å². The average Bonchev–Trinajstić information content (AvgIpc) is 3.82. The predicted octanol–water partition coefficient (Wildman–Crippen LogP) is 4.96. The first-order chi connectivity index (χ1) is 21.9. The van der Waals surface area contributed by atoms with E-state index in [-0.39, 0.29) is 29.9 Å². The highest BCUT2D eigenvalue weighted by Gasteiger charge is 2.33. The number of halogens is 1. The molecule has 2 aliphatic heterocycles. The molecular formula is C33H33FN8O3. The number of rotatable bonds is 7. The SMILES string of the molecule is C=CC(=O)N1CCN(c2nc(OC[C@@H]3CCCN3C)nc3c(F)c(-c4c(C)ccc5[nH]ncc45)c4ccoc4c23)C[C@@H]1CC#N. The summed E-state index contributed by atoms with van der Waals surface area (Å²) in [5.74, 6) is -0.316. The molecule has 1 amide bonds. The van der Waals surface area contributed by atoms with Crippen molar-refractivity contribution in [3.05, 3.63) is 54.7 Å². The topological polar surface area (TPSA) is 127 Å². The van der Waals surface area contributed by atoms with Crippen molar-refractivity contribution in [1.29, 1.82) is 5.26 Å².